The number of fused-ring (bicyclic) bond motifs is 1. The van der Waals surface area contributed by atoms with Crippen molar-refractivity contribution >= 4 is 28.5 Å². The third-order valence-electron chi connectivity index (χ3n) is 3.99. The summed E-state index contributed by atoms with van der Waals surface area (Å²) in [4.78, 5) is 13.9. The van der Waals surface area contributed by atoms with Crippen LogP contribution < -0.4 is 10.2 Å². The molecule has 3 heterocycles. The Morgan fingerprint density at radius 2 is 2.26 bits per heavy atom. The number of piperidine rings is 1. The van der Waals surface area contributed by atoms with Crippen molar-refractivity contribution in [1.29, 1.82) is 0 Å². The number of nitrogens with one attached hydrogen (secondary N) is 2. The van der Waals surface area contributed by atoms with E-state index in [0.29, 0.717) is 12.0 Å². The molecule has 1 aliphatic rings. The summed E-state index contributed by atoms with van der Waals surface area (Å²) in [5, 5.41) is 4.75. The summed E-state index contributed by atoms with van der Waals surface area (Å²) in [5.74, 6) is 1.53. The second-order valence-electron chi connectivity index (χ2n) is 5.20. The van der Waals surface area contributed by atoms with Crippen molar-refractivity contribution in [2.75, 3.05) is 25.0 Å². The summed E-state index contributed by atoms with van der Waals surface area (Å²) in [6.45, 7) is 4.36. The van der Waals surface area contributed by atoms with Crippen LogP contribution in [-0.2, 0) is 0 Å². The summed E-state index contributed by atoms with van der Waals surface area (Å²) < 4.78 is 0. The zero-order valence-electron chi connectivity index (χ0n) is 11.2. The molecule has 2 aromatic heterocycles. The Kier molecular flexibility index (Phi) is 3.33. The van der Waals surface area contributed by atoms with E-state index in [1.54, 1.807) is 0 Å². The Morgan fingerprint density at radius 3 is 3.05 bits per heavy atom. The lowest BCUT2D eigenvalue weighted by molar-refractivity contribution is 0.338. The average Bonchev–Trinajstić information content (AvgIpc) is 2.85. The van der Waals surface area contributed by atoms with E-state index in [1.807, 2.05) is 12.3 Å². The van der Waals surface area contributed by atoms with Crippen LogP contribution in [0.1, 0.15) is 13.3 Å². The molecule has 19 heavy (non-hydrogen) atoms. The summed E-state index contributed by atoms with van der Waals surface area (Å²) in [6.07, 6.45) is 3.06. The number of nitrogens with zero attached hydrogens (tertiary/aromatic N) is 3. The lowest BCUT2D eigenvalue weighted by Crippen LogP contribution is -2.49. The van der Waals surface area contributed by atoms with Crippen molar-refractivity contribution in [2.45, 2.75) is 19.4 Å². The van der Waals surface area contributed by atoms with E-state index in [2.05, 4.69) is 39.1 Å². The monoisotopic (exact) mass is 279 g/mol. The third kappa shape index (κ3) is 2.28. The normalized spacial score (nSPS) is 23.7. The minimum Gasteiger partial charge on any atom is -0.354 e. The van der Waals surface area contributed by atoms with Gasteiger partial charge in [0.2, 0.25) is 5.28 Å². The minimum absolute atomic E-state index is 0.285. The SMILES string of the molecule is C[C@@H]1CCNC[C@H]1N(C)c1nc(Cl)nc2[nH]ccc12. The first-order valence-electron chi connectivity index (χ1n) is 6.61. The molecule has 0 spiro atoms. The zero-order valence-corrected chi connectivity index (χ0v) is 11.9. The first-order valence-corrected chi connectivity index (χ1v) is 6.99. The fraction of sp³-hybridized carbons (Fsp3) is 0.538. The van der Waals surface area contributed by atoms with Gasteiger partial charge < -0.3 is 15.2 Å². The quantitative estimate of drug-likeness (QED) is 0.826. The number of rotatable bonds is 2. The predicted octanol–water partition coefficient (Wildman–Crippen LogP) is 2.05. The molecule has 0 unspecified atom stereocenters. The molecule has 1 aliphatic heterocycles. The molecular weight excluding hydrogens is 262 g/mol. The van der Waals surface area contributed by atoms with E-state index in [0.717, 1.165) is 29.9 Å². The van der Waals surface area contributed by atoms with Crippen LogP contribution in [0.25, 0.3) is 11.0 Å². The molecule has 3 rings (SSSR count). The van der Waals surface area contributed by atoms with Crippen LogP contribution in [0, 0.1) is 5.92 Å². The van der Waals surface area contributed by atoms with Crippen LogP contribution in [0.3, 0.4) is 0 Å². The van der Waals surface area contributed by atoms with E-state index >= 15 is 0 Å². The minimum atomic E-state index is 0.285. The predicted molar refractivity (Wildman–Crippen MR) is 77.7 cm³/mol. The summed E-state index contributed by atoms with van der Waals surface area (Å²) >= 11 is 6.02. The van der Waals surface area contributed by atoms with Gasteiger partial charge in [0.1, 0.15) is 11.5 Å². The van der Waals surface area contributed by atoms with E-state index < -0.39 is 0 Å². The van der Waals surface area contributed by atoms with Gasteiger partial charge in [-0.2, -0.15) is 9.97 Å². The number of H-pyrrole nitrogens is 1. The highest BCUT2D eigenvalue weighted by Crippen LogP contribution is 2.28. The molecule has 0 aromatic carbocycles. The van der Waals surface area contributed by atoms with Gasteiger partial charge >= 0.3 is 0 Å². The zero-order chi connectivity index (χ0) is 13.4. The Balaban J connectivity index is 2.00. The first kappa shape index (κ1) is 12.7. The number of halogens is 1. The Hall–Kier alpha value is -1.33. The van der Waals surface area contributed by atoms with Gasteiger partial charge in [-0.1, -0.05) is 6.92 Å². The van der Waals surface area contributed by atoms with Crippen LogP contribution in [0.15, 0.2) is 12.3 Å². The van der Waals surface area contributed by atoms with Gasteiger partial charge in [-0.15, -0.1) is 0 Å². The number of hydrogen-bond acceptors (Lipinski definition) is 4. The van der Waals surface area contributed by atoms with Gasteiger partial charge in [0.25, 0.3) is 0 Å². The topological polar surface area (TPSA) is 56.8 Å². The maximum absolute atomic E-state index is 6.02. The maximum atomic E-state index is 6.02. The molecule has 0 amide bonds. The highest BCUT2D eigenvalue weighted by Gasteiger charge is 2.27. The largest absolute Gasteiger partial charge is 0.354 e. The van der Waals surface area contributed by atoms with E-state index in [9.17, 15) is 0 Å². The van der Waals surface area contributed by atoms with Crippen LogP contribution in [0.2, 0.25) is 5.28 Å². The number of aromatic nitrogens is 3. The van der Waals surface area contributed by atoms with Gasteiger partial charge in [-0.3, -0.25) is 0 Å². The van der Waals surface area contributed by atoms with Crippen molar-refractivity contribution in [3.05, 3.63) is 17.5 Å². The van der Waals surface area contributed by atoms with Crippen LogP contribution >= 0.6 is 11.6 Å². The fourth-order valence-electron chi connectivity index (χ4n) is 2.82. The Bertz CT molecular complexity index is 581. The Morgan fingerprint density at radius 1 is 1.42 bits per heavy atom. The molecule has 2 N–H and O–H groups in total. The van der Waals surface area contributed by atoms with Crippen molar-refractivity contribution in [3.8, 4) is 0 Å². The second kappa shape index (κ2) is 4.98. The van der Waals surface area contributed by atoms with E-state index in [-0.39, 0.29) is 5.28 Å². The summed E-state index contributed by atoms with van der Waals surface area (Å²) in [5.41, 5.74) is 0.790. The number of hydrogen-bond donors (Lipinski definition) is 2. The molecule has 0 radical (unpaired) electrons. The standard InChI is InChI=1S/C13H18ClN5/c1-8-3-5-15-7-10(8)19(2)12-9-4-6-16-11(9)17-13(14)18-12/h4,6,8,10,15H,3,5,7H2,1-2H3,(H,16,17,18)/t8-,10-/m1/s1. The lowest BCUT2D eigenvalue weighted by Gasteiger charge is -2.37. The molecule has 6 heteroatoms. The highest BCUT2D eigenvalue weighted by molar-refractivity contribution is 6.28. The lowest BCUT2D eigenvalue weighted by atomic mass is 9.93. The third-order valence-corrected chi connectivity index (χ3v) is 4.16. The van der Waals surface area contributed by atoms with Gasteiger partial charge in [0.05, 0.1) is 5.39 Å². The molecule has 0 bridgehead atoms. The van der Waals surface area contributed by atoms with Crippen molar-refractivity contribution in [3.63, 3.8) is 0 Å². The molecule has 102 valence electrons. The second-order valence-corrected chi connectivity index (χ2v) is 5.54. The Labute approximate surface area is 117 Å². The smallest absolute Gasteiger partial charge is 0.226 e. The van der Waals surface area contributed by atoms with E-state index in [4.69, 9.17) is 11.6 Å². The molecule has 2 aromatic rings. The van der Waals surface area contributed by atoms with Crippen molar-refractivity contribution in [1.82, 2.24) is 20.3 Å². The van der Waals surface area contributed by atoms with E-state index in [1.165, 1.54) is 6.42 Å². The molecule has 1 fully saturated rings. The first-order chi connectivity index (χ1) is 9.16. The number of likely N-dealkylation sites (N-methyl/N-ethyl adjacent to an activating group) is 1. The molecule has 2 atom stereocenters. The summed E-state index contributed by atoms with van der Waals surface area (Å²) in [7, 11) is 2.08. The van der Waals surface area contributed by atoms with Gasteiger partial charge in [0, 0.05) is 25.8 Å². The molecule has 5 nitrogen and oxygen atoms in total. The molecule has 1 saturated heterocycles. The van der Waals surface area contributed by atoms with Gasteiger partial charge in [-0.05, 0) is 36.6 Å². The van der Waals surface area contributed by atoms with Crippen LogP contribution in [0.4, 0.5) is 5.82 Å². The maximum Gasteiger partial charge on any atom is 0.226 e. The van der Waals surface area contributed by atoms with Crippen LogP contribution in [0.5, 0.6) is 0 Å². The summed E-state index contributed by atoms with van der Waals surface area (Å²) in [6, 6.07) is 2.43. The molecular formula is C13H18ClN5. The average molecular weight is 280 g/mol. The van der Waals surface area contributed by atoms with Crippen molar-refractivity contribution < 1.29 is 0 Å². The molecule has 0 aliphatic carbocycles. The molecule has 0 saturated carbocycles. The highest BCUT2D eigenvalue weighted by atomic mass is 35.5. The van der Waals surface area contributed by atoms with Crippen molar-refractivity contribution in [2.24, 2.45) is 5.92 Å². The number of aromatic amines is 1. The van der Waals surface area contributed by atoms with Crippen LogP contribution in [-0.4, -0.2) is 41.1 Å². The van der Waals surface area contributed by atoms with Gasteiger partial charge in [-0.25, -0.2) is 0 Å². The van der Waals surface area contributed by atoms with Gasteiger partial charge in [0.15, 0.2) is 0 Å². The fourth-order valence-corrected chi connectivity index (χ4v) is 2.98. The number of anilines is 1.